The summed E-state index contributed by atoms with van der Waals surface area (Å²) in [6.45, 7) is 11.8. The van der Waals surface area contributed by atoms with Crippen LogP contribution in [0.15, 0.2) is 60.7 Å². The van der Waals surface area contributed by atoms with Gasteiger partial charge in [-0.25, -0.2) is 4.79 Å². The van der Waals surface area contributed by atoms with Crippen molar-refractivity contribution in [2.24, 2.45) is 0 Å². The monoisotopic (exact) mass is 537 g/mol. The van der Waals surface area contributed by atoms with Gasteiger partial charge in [0.1, 0.15) is 18.2 Å². The quantitative estimate of drug-likeness (QED) is 0.313. The average molecular weight is 538 g/mol. The number of terminal acetylenes is 1. The zero-order valence-electron chi connectivity index (χ0n) is 23.2. The molecule has 0 radical (unpaired) electrons. The Balaban J connectivity index is 1.84. The Morgan fingerprint density at radius 1 is 1.03 bits per heavy atom. The summed E-state index contributed by atoms with van der Waals surface area (Å²) in [7, 11) is -2.89. The molecule has 1 amide bonds. The second-order valence-electron chi connectivity index (χ2n) is 11.5. The number of ether oxygens (including phenoxy) is 3. The van der Waals surface area contributed by atoms with Crippen LogP contribution in [-0.2, 0) is 23.4 Å². The molecule has 204 valence electrons. The van der Waals surface area contributed by atoms with E-state index in [4.69, 9.17) is 25.1 Å². The lowest BCUT2D eigenvalue weighted by Crippen LogP contribution is -2.68. The molecule has 1 aliphatic heterocycles. The predicted molar refractivity (Wildman–Crippen MR) is 150 cm³/mol. The molecular weight excluding hydrogens is 498 g/mol. The first kappa shape index (κ1) is 29.4. The summed E-state index contributed by atoms with van der Waals surface area (Å²) in [5.41, 5.74) is -1.93. The molecule has 1 fully saturated rings. The summed E-state index contributed by atoms with van der Waals surface area (Å²) >= 11 is 0. The Morgan fingerprint density at radius 3 is 2.05 bits per heavy atom. The summed E-state index contributed by atoms with van der Waals surface area (Å²) in [5, 5.41) is 4.39. The largest absolute Gasteiger partial charge is 0.457 e. The van der Waals surface area contributed by atoms with Crippen LogP contribution in [0.5, 0.6) is 0 Å². The van der Waals surface area contributed by atoms with Crippen LogP contribution in [0.3, 0.4) is 0 Å². The smallest absolute Gasteiger partial charge is 0.408 e. The van der Waals surface area contributed by atoms with Gasteiger partial charge in [0.15, 0.2) is 5.60 Å². The molecule has 1 saturated heterocycles. The summed E-state index contributed by atoms with van der Waals surface area (Å²) in [5.74, 6) is 2.11. The molecule has 2 aromatic rings. The van der Waals surface area contributed by atoms with Crippen molar-refractivity contribution >= 4 is 30.8 Å². The highest BCUT2D eigenvalue weighted by atomic mass is 28.4. The van der Waals surface area contributed by atoms with Crippen LogP contribution in [0.2, 0.25) is 5.04 Å². The maximum atomic E-state index is 12.6. The van der Waals surface area contributed by atoms with Gasteiger partial charge in [0.25, 0.3) is 8.32 Å². The molecule has 3 rings (SSSR count). The van der Waals surface area contributed by atoms with Crippen LogP contribution < -0.4 is 15.7 Å². The maximum Gasteiger partial charge on any atom is 0.408 e. The molecule has 0 spiro atoms. The maximum absolute atomic E-state index is 12.6. The third-order valence-electron chi connectivity index (χ3n) is 6.47. The van der Waals surface area contributed by atoms with Gasteiger partial charge in [0.2, 0.25) is 0 Å². The van der Waals surface area contributed by atoms with Gasteiger partial charge in [-0.15, -0.1) is 6.42 Å². The van der Waals surface area contributed by atoms with Crippen LogP contribution in [0.25, 0.3) is 0 Å². The predicted octanol–water partition coefficient (Wildman–Crippen LogP) is 3.79. The first-order chi connectivity index (χ1) is 17.8. The summed E-state index contributed by atoms with van der Waals surface area (Å²) in [4.78, 5) is 24.6. The van der Waals surface area contributed by atoms with Crippen LogP contribution >= 0.6 is 0 Å². The first-order valence-corrected chi connectivity index (χ1v) is 14.8. The van der Waals surface area contributed by atoms with Crippen molar-refractivity contribution in [1.82, 2.24) is 5.32 Å². The Morgan fingerprint density at radius 2 is 1.58 bits per heavy atom. The summed E-state index contributed by atoms with van der Waals surface area (Å²) < 4.78 is 23.9. The van der Waals surface area contributed by atoms with Gasteiger partial charge in [-0.05, 0) is 36.2 Å². The van der Waals surface area contributed by atoms with E-state index in [1.807, 2.05) is 36.4 Å². The second kappa shape index (κ2) is 11.7. The number of carbonyl (C=O) groups excluding carboxylic acids is 2. The van der Waals surface area contributed by atoms with Crippen molar-refractivity contribution in [3.05, 3.63) is 60.7 Å². The van der Waals surface area contributed by atoms with E-state index in [0.29, 0.717) is 13.0 Å². The molecule has 1 N–H and O–H groups in total. The molecular formula is C30H39NO6Si. The summed E-state index contributed by atoms with van der Waals surface area (Å²) in [6, 6.07) is 20.4. The van der Waals surface area contributed by atoms with Crippen molar-refractivity contribution in [3.8, 4) is 12.3 Å². The number of alkyl carbamates (subject to hydrolysis) is 1. The number of hydrogen-bond acceptors (Lipinski definition) is 6. The molecule has 38 heavy (non-hydrogen) atoms. The van der Waals surface area contributed by atoms with Gasteiger partial charge in [-0.3, -0.25) is 4.79 Å². The molecule has 0 saturated carbocycles. The lowest BCUT2D eigenvalue weighted by atomic mass is 9.99. The normalized spacial score (nSPS) is 19.9. The average Bonchev–Trinajstić information content (AvgIpc) is 3.25. The van der Waals surface area contributed by atoms with Gasteiger partial charge in [-0.1, -0.05) is 87.4 Å². The lowest BCUT2D eigenvalue weighted by Gasteiger charge is -2.44. The zero-order valence-corrected chi connectivity index (χ0v) is 24.2. The fourth-order valence-corrected chi connectivity index (χ4v) is 9.36. The SMILES string of the molecule is C#CC1(CO[Si](c2ccccc2)(c2ccccc2)C(C)(C)C)OCCC1OC(=O)CNC(=O)OC(C)(C)C. The van der Waals surface area contributed by atoms with Crippen LogP contribution in [0.1, 0.15) is 48.0 Å². The highest BCUT2D eigenvalue weighted by molar-refractivity contribution is 6.99. The van der Waals surface area contributed by atoms with Crippen molar-refractivity contribution in [1.29, 1.82) is 0 Å². The van der Waals surface area contributed by atoms with E-state index >= 15 is 0 Å². The number of benzene rings is 2. The van der Waals surface area contributed by atoms with Gasteiger partial charge >= 0.3 is 12.1 Å². The number of carbonyl (C=O) groups is 2. The van der Waals surface area contributed by atoms with Crippen molar-refractivity contribution < 1.29 is 28.2 Å². The van der Waals surface area contributed by atoms with Gasteiger partial charge in [-0.2, -0.15) is 0 Å². The van der Waals surface area contributed by atoms with E-state index in [1.165, 1.54) is 0 Å². The van der Waals surface area contributed by atoms with Gasteiger partial charge < -0.3 is 24.0 Å². The minimum absolute atomic E-state index is 0.0498. The molecule has 0 aliphatic carbocycles. The molecule has 7 nitrogen and oxygen atoms in total. The van der Waals surface area contributed by atoms with Crippen molar-refractivity contribution in [2.75, 3.05) is 19.8 Å². The highest BCUT2D eigenvalue weighted by Gasteiger charge is 2.54. The van der Waals surface area contributed by atoms with Gasteiger partial charge in [0.05, 0.1) is 13.2 Å². The molecule has 1 aliphatic rings. The van der Waals surface area contributed by atoms with Crippen molar-refractivity contribution in [2.45, 2.75) is 70.3 Å². The van der Waals surface area contributed by atoms with E-state index in [0.717, 1.165) is 10.4 Å². The number of amides is 1. The van der Waals surface area contributed by atoms with Crippen LogP contribution in [-0.4, -0.2) is 57.4 Å². The molecule has 2 atom stereocenters. The first-order valence-electron chi connectivity index (χ1n) is 12.9. The zero-order chi connectivity index (χ0) is 28.0. The lowest BCUT2D eigenvalue weighted by molar-refractivity contribution is -0.155. The Bertz CT molecular complexity index is 1090. The fraction of sp³-hybridized carbons (Fsp3) is 0.467. The fourth-order valence-electron chi connectivity index (χ4n) is 4.78. The summed E-state index contributed by atoms with van der Waals surface area (Å²) in [6.07, 6.45) is 5.02. The molecule has 2 unspecified atom stereocenters. The molecule has 0 aromatic heterocycles. The Hall–Kier alpha value is -3.12. The number of rotatable bonds is 8. The van der Waals surface area contributed by atoms with Crippen LogP contribution in [0.4, 0.5) is 4.79 Å². The van der Waals surface area contributed by atoms with E-state index < -0.39 is 37.7 Å². The Kier molecular flexibility index (Phi) is 9.08. The van der Waals surface area contributed by atoms with Crippen molar-refractivity contribution in [3.63, 3.8) is 0 Å². The highest BCUT2D eigenvalue weighted by Crippen LogP contribution is 2.39. The van der Waals surface area contributed by atoms with E-state index in [9.17, 15) is 9.59 Å². The van der Waals surface area contributed by atoms with Crippen LogP contribution in [0, 0.1) is 12.3 Å². The third-order valence-corrected chi connectivity index (χ3v) is 11.5. The number of esters is 1. The third kappa shape index (κ3) is 6.65. The Labute approximate surface area is 227 Å². The van der Waals surface area contributed by atoms with E-state index in [-0.39, 0.29) is 18.2 Å². The molecule has 8 heteroatoms. The van der Waals surface area contributed by atoms with Gasteiger partial charge in [0, 0.05) is 6.42 Å². The topological polar surface area (TPSA) is 83.1 Å². The minimum Gasteiger partial charge on any atom is -0.457 e. The van der Waals surface area contributed by atoms with E-state index in [2.05, 4.69) is 56.3 Å². The molecule has 2 aromatic carbocycles. The molecule has 1 heterocycles. The number of hydrogen-bond donors (Lipinski definition) is 1. The minimum atomic E-state index is -2.89. The molecule has 0 bridgehead atoms. The standard InChI is InChI=1S/C30H39NO6Si/c1-8-30(25(19-20-34-30)36-26(32)21-31-27(33)37-28(2,3)4)22-35-38(29(5,6)7,23-15-11-9-12-16-23)24-17-13-10-14-18-24/h1,9-18,25H,19-22H2,2-7H3,(H,31,33). The number of nitrogens with one attached hydrogen (secondary N) is 1. The second-order valence-corrected chi connectivity index (χ2v) is 15.8. The van der Waals surface area contributed by atoms with E-state index in [1.54, 1.807) is 20.8 Å².